The largest absolute Gasteiger partial charge is 0.497 e. The summed E-state index contributed by atoms with van der Waals surface area (Å²) in [5.74, 6) is -0.883. The van der Waals surface area contributed by atoms with Gasteiger partial charge in [-0.05, 0) is 105 Å². The summed E-state index contributed by atoms with van der Waals surface area (Å²) >= 11 is 6.51. The molecule has 3 atom stereocenters. The number of hydrogen-bond acceptors (Lipinski definition) is 4. The molecule has 1 N–H and O–H groups in total. The molecule has 2 heterocycles. The number of carboxylic acids is 1. The molecule has 2 fully saturated rings. The lowest BCUT2D eigenvalue weighted by molar-refractivity contribution is -0.148. The molecule has 37 heavy (non-hydrogen) atoms. The highest BCUT2D eigenvalue weighted by Gasteiger charge is 2.47. The number of hydrogen-bond donors (Lipinski definition) is 1. The van der Waals surface area contributed by atoms with E-state index < -0.39 is 17.2 Å². The molecule has 3 aromatic rings. The van der Waals surface area contributed by atoms with Crippen molar-refractivity contribution in [3.05, 3.63) is 70.4 Å². The molecule has 2 aromatic carbocycles. The second kappa shape index (κ2) is 10.5. The molecular formula is C29H31ClF2N2O3. The Morgan fingerprint density at radius 3 is 2.86 bits per heavy atom. The number of aromatic nitrogens is 1. The molecule has 0 spiro atoms. The first-order valence-electron chi connectivity index (χ1n) is 12.8. The van der Waals surface area contributed by atoms with Crippen LogP contribution in [0, 0.1) is 17.0 Å². The van der Waals surface area contributed by atoms with E-state index in [1.807, 2.05) is 18.2 Å². The average Bonchev–Trinajstić information content (AvgIpc) is 3.55. The van der Waals surface area contributed by atoms with Crippen molar-refractivity contribution in [1.82, 2.24) is 9.88 Å². The number of carbonyl (C=O) groups is 1. The van der Waals surface area contributed by atoms with Gasteiger partial charge < -0.3 is 9.84 Å². The van der Waals surface area contributed by atoms with Crippen LogP contribution >= 0.6 is 11.6 Å². The molecule has 1 aliphatic carbocycles. The van der Waals surface area contributed by atoms with Gasteiger partial charge in [0.05, 0.1) is 23.1 Å². The van der Waals surface area contributed by atoms with Crippen molar-refractivity contribution < 1.29 is 23.4 Å². The third-order valence-corrected chi connectivity index (χ3v) is 8.70. The minimum Gasteiger partial charge on any atom is -0.497 e. The van der Waals surface area contributed by atoms with Gasteiger partial charge in [-0.3, -0.25) is 14.7 Å². The van der Waals surface area contributed by atoms with Crippen LogP contribution in [0.5, 0.6) is 5.75 Å². The molecule has 5 rings (SSSR count). The van der Waals surface area contributed by atoms with E-state index in [4.69, 9.17) is 16.3 Å². The van der Waals surface area contributed by atoms with E-state index >= 15 is 0 Å². The lowest BCUT2D eigenvalue weighted by Crippen LogP contribution is -2.38. The van der Waals surface area contributed by atoms with E-state index in [1.54, 1.807) is 13.3 Å². The maximum atomic E-state index is 14.3. The average molecular weight is 529 g/mol. The fourth-order valence-corrected chi connectivity index (χ4v) is 6.53. The first-order chi connectivity index (χ1) is 17.8. The van der Waals surface area contributed by atoms with E-state index in [-0.39, 0.29) is 17.8 Å². The number of likely N-dealkylation sites (tertiary alicyclic amines) is 1. The third-order valence-electron chi connectivity index (χ3n) is 8.37. The maximum Gasteiger partial charge on any atom is 0.310 e. The van der Waals surface area contributed by atoms with Crippen LogP contribution in [-0.4, -0.2) is 47.2 Å². The smallest absolute Gasteiger partial charge is 0.310 e. The Bertz CT molecular complexity index is 1320. The summed E-state index contributed by atoms with van der Waals surface area (Å²) in [7, 11) is 1.61. The van der Waals surface area contributed by atoms with E-state index in [9.17, 15) is 18.7 Å². The second-order valence-corrected chi connectivity index (χ2v) is 10.9. The molecular weight excluding hydrogens is 498 g/mol. The van der Waals surface area contributed by atoms with E-state index in [2.05, 4.69) is 9.88 Å². The van der Waals surface area contributed by atoms with Gasteiger partial charge in [-0.1, -0.05) is 11.6 Å². The molecule has 2 aliphatic rings. The van der Waals surface area contributed by atoms with Crippen molar-refractivity contribution in [2.24, 2.45) is 5.41 Å². The van der Waals surface area contributed by atoms with Gasteiger partial charge in [0.2, 0.25) is 0 Å². The Kier molecular flexibility index (Phi) is 7.37. The van der Waals surface area contributed by atoms with Crippen LogP contribution in [0.25, 0.3) is 10.9 Å². The van der Waals surface area contributed by atoms with Crippen LogP contribution in [-0.2, 0) is 11.2 Å². The monoisotopic (exact) mass is 528 g/mol. The molecule has 8 heteroatoms. The third kappa shape index (κ3) is 5.16. The minimum atomic E-state index is -0.824. The Hall–Kier alpha value is -2.77. The summed E-state index contributed by atoms with van der Waals surface area (Å²) in [6, 6.07) is 9.49. The summed E-state index contributed by atoms with van der Waals surface area (Å²) in [4.78, 5) is 19.1. The predicted molar refractivity (Wildman–Crippen MR) is 139 cm³/mol. The number of ether oxygens (including phenoxy) is 1. The summed E-state index contributed by atoms with van der Waals surface area (Å²) in [6.45, 7) is 1.18. The molecule has 1 aromatic heterocycles. The zero-order valence-electron chi connectivity index (χ0n) is 20.9. The fraction of sp³-hybridized carbons (Fsp3) is 0.448. The number of methoxy groups -OCH3 is 1. The maximum absolute atomic E-state index is 14.3. The molecule has 1 saturated carbocycles. The number of aliphatic carboxylic acids is 1. The molecule has 196 valence electrons. The van der Waals surface area contributed by atoms with Gasteiger partial charge in [0.25, 0.3) is 0 Å². The second-order valence-electron chi connectivity index (χ2n) is 10.5. The zero-order valence-corrected chi connectivity index (χ0v) is 21.6. The highest BCUT2D eigenvalue weighted by molar-refractivity contribution is 6.32. The molecule has 5 nitrogen and oxygen atoms in total. The van der Waals surface area contributed by atoms with Gasteiger partial charge in [-0.25, -0.2) is 8.78 Å². The SMILES string of the molecule is COc1ccc2ncc(Cl)c(CCCC3(C(=O)O)CCN(C4CCC(c5cc(F)ccc5F)C4)C3)c2c1. The van der Waals surface area contributed by atoms with Crippen LogP contribution in [0.1, 0.15) is 55.6 Å². The van der Waals surface area contributed by atoms with E-state index in [1.165, 1.54) is 12.1 Å². The first kappa shape index (κ1) is 25.9. The standard InChI is InChI=1S/C29H31ClF2N2O3/c1-37-21-7-9-27-24(15-21)22(25(30)16-33-27)3-2-10-29(28(35)36)11-12-34(17-29)20-6-4-18(13-20)23-14-19(31)5-8-26(23)32/h5,7-9,14-16,18,20H,2-4,6,10-13,17H2,1H3,(H,35,36). The molecule has 0 bridgehead atoms. The number of benzene rings is 2. The van der Waals surface area contributed by atoms with Crippen LogP contribution in [0.4, 0.5) is 8.78 Å². The Balaban J connectivity index is 1.26. The van der Waals surface area contributed by atoms with Crippen molar-refractivity contribution in [2.75, 3.05) is 20.2 Å². The number of halogens is 3. The fourth-order valence-electron chi connectivity index (χ4n) is 6.29. The van der Waals surface area contributed by atoms with Crippen LogP contribution < -0.4 is 4.74 Å². The van der Waals surface area contributed by atoms with Crippen molar-refractivity contribution >= 4 is 28.5 Å². The lowest BCUT2D eigenvalue weighted by Gasteiger charge is -2.28. The minimum absolute atomic E-state index is 0.0420. The highest BCUT2D eigenvalue weighted by Crippen LogP contribution is 2.44. The summed E-state index contributed by atoms with van der Waals surface area (Å²) in [5.41, 5.74) is 1.39. The molecule has 0 amide bonds. The topological polar surface area (TPSA) is 62.7 Å². The van der Waals surface area contributed by atoms with Gasteiger partial charge in [0.15, 0.2) is 0 Å². The van der Waals surface area contributed by atoms with Crippen molar-refractivity contribution in [3.63, 3.8) is 0 Å². The van der Waals surface area contributed by atoms with Crippen molar-refractivity contribution in [3.8, 4) is 5.75 Å². The molecule has 1 aliphatic heterocycles. The molecule has 1 saturated heterocycles. The van der Waals surface area contributed by atoms with Gasteiger partial charge in [0.1, 0.15) is 17.4 Å². The predicted octanol–water partition coefficient (Wildman–Crippen LogP) is 6.61. The van der Waals surface area contributed by atoms with Gasteiger partial charge in [0, 0.05) is 24.2 Å². The summed E-state index contributed by atoms with van der Waals surface area (Å²) in [5, 5.41) is 11.7. The number of carboxylic acid groups (broad SMARTS) is 1. The van der Waals surface area contributed by atoms with E-state index in [0.717, 1.165) is 47.5 Å². The number of rotatable bonds is 8. The van der Waals surface area contributed by atoms with Crippen LogP contribution in [0.15, 0.2) is 42.6 Å². The van der Waals surface area contributed by atoms with Crippen molar-refractivity contribution in [1.29, 1.82) is 0 Å². The number of fused-ring (bicyclic) bond motifs is 1. The number of aryl methyl sites for hydroxylation is 1. The van der Waals surface area contributed by atoms with Crippen molar-refractivity contribution in [2.45, 2.75) is 56.9 Å². The van der Waals surface area contributed by atoms with Gasteiger partial charge in [-0.15, -0.1) is 0 Å². The quantitative estimate of drug-likeness (QED) is 0.356. The van der Waals surface area contributed by atoms with Crippen LogP contribution in [0.2, 0.25) is 5.02 Å². The van der Waals surface area contributed by atoms with E-state index in [0.29, 0.717) is 49.4 Å². The van der Waals surface area contributed by atoms with Gasteiger partial charge in [-0.2, -0.15) is 0 Å². The molecule has 3 unspecified atom stereocenters. The van der Waals surface area contributed by atoms with Gasteiger partial charge >= 0.3 is 5.97 Å². The number of nitrogens with zero attached hydrogens (tertiary/aromatic N) is 2. The lowest BCUT2D eigenvalue weighted by atomic mass is 9.81. The highest BCUT2D eigenvalue weighted by atomic mass is 35.5. The summed E-state index contributed by atoms with van der Waals surface area (Å²) in [6.07, 6.45) is 6.44. The zero-order chi connectivity index (χ0) is 26.2. The molecule has 0 radical (unpaired) electrons. The first-order valence-corrected chi connectivity index (χ1v) is 13.2. The Labute approximate surface area is 220 Å². The summed E-state index contributed by atoms with van der Waals surface area (Å²) < 4.78 is 33.4. The normalized spacial score (nSPS) is 24.1. The Morgan fingerprint density at radius 2 is 2.08 bits per heavy atom. The number of pyridine rings is 1. The van der Waals surface area contributed by atoms with Crippen LogP contribution in [0.3, 0.4) is 0 Å². The Morgan fingerprint density at radius 1 is 1.24 bits per heavy atom.